The quantitative estimate of drug-likeness (QED) is 0.180. The molecule has 0 amide bonds. The zero-order valence-corrected chi connectivity index (χ0v) is 31.4. The first-order chi connectivity index (χ1) is 26.6. The number of hydrogen-bond donors (Lipinski definition) is 2. The van der Waals surface area contributed by atoms with Crippen LogP contribution in [-0.4, -0.2) is 13.1 Å². The highest BCUT2D eigenvalue weighted by atomic mass is 15.4. The molecule has 10 rings (SSSR count). The van der Waals surface area contributed by atoms with Gasteiger partial charge in [-0.25, -0.2) is 5.43 Å². The maximum atomic E-state index is 4.42. The highest BCUT2D eigenvalue weighted by Gasteiger charge is 2.26. The molecule has 2 heterocycles. The summed E-state index contributed by atoms with van der Waals surface area (Å²) in [5.41, 5.74) is 24.7. The van der Waals surface area contributed by atoms with Crippen LogP contribution in [0, 0.1) is 0 Å². The molecule has 0 aromatic heterocycles. The first-order valence-corrected chi connectivity index (χ1v) is 19.2. The minimum Gasteiger partial charge on any atom is -0.350 e. The van der Waals surface area contributed by atoms with E-state index in [-0.39, 0.29) is 0 Å². The van der Waals surface area contributed by atoms with E-state index in [2.05, 4.69) is 193 Å². The number of hydrogen-bond acceptors (Lipinski definition) is 3. The predicted octanol–water partition coefficient (Wildman–Crippen LogP) is 12.4. The van der Waals surface area contributed by atoms with E-state index in [1.165, 1.54) is 83.4 Å². The van der Waals surface area contributed by atoms with Crippen LogP contribution in [0.25, 0.3) is 49.9 Å². The summed E-state index contributed by atoms with van der Waals surface area (Å²) in [5, 5.41) is 2.59. The molecule has 0 radical (unpaired) electrons. The van der Waals surface area contributed by atoms with Crippen LogP contribution in [0.15, 0.2) is 176 Å². The van der Waals surface area contributed by atoms with Crippen molar-refractivity contribution in [3.8, 4) is 22.3 Å². The summed E-state index contributed by atoms with van der Waals surface area (Å²) in [5.74, 6) is 0. The van der Waals surface area contributed by atoms with Gasteiger partial charge in [0, 0.05) is 24.5 Å². The van der Waals surface area contributed by atoms with Crippen molar-refractivity contribution < 1.29 is 0 Å². The van der Waals surface area contributed by atoms with Crippen molar-refractivity contribution in [2.24, 2.45) is 0 Å². The molecular weight excluding hydrogens is 655 g/mol. The van der Waals surface area contributed by atoms with Gasteiger partial charge in [-0.05, 0) is 97.3 Å². The van der Waals surface area contributed by atoms with Crippen molar-refractivity contribution in [2.45, 2.75) is 39.2 Å². The van der Waals surface area contributed by atoms with E-state index in [0.717, 1.165) is 24.8 Å². The zero-order valence-electron chi connectivity index (χ0n) is 31.4. The van der Waals surface area contributed by atoms with Crippen LogP contribution < -0.4 is 15.8 Å². The first kappa shape index (κ1) is 34.9. The summed E-state index contributed by atoms with van der Waals surface area (Å²) >= 11 is 0. The normalized spacial score (nSPS) is 17.9. The molecule has 266 valence electrons. The van der Waals surface area contributed by atoms with Crippen molar-refractivity contribution in [3.05, 3.63) is 204 Å². The zero-order chi connectivity index (χ0) is 37.0. The molecular formula is C51H47N3. The van der Waals surface area contributed by atoms with Gasteiger partial charge in [-0.15, -0.1) is 0 Å². The summed E-state index contributed by atoms with van der Waals surface area (Å²) in [6.45, 7) is 8.42. The van der Waals surface area contributed by atoms with E-state index < -0.39 is 0 Å². The molecule has 3 heteroatoms. The molecule has 6 aromatic rings. The van der Waals surface area contributed by atoms with E-state index in [1.54, 1.807) is 0 Å². The van der Waals surface area contributed by atoms with Gasteiger partial charge in [0.25, 0.3) is 0 Å². The van der Waals surface area contributed by atoms with Crippen molar-refractivity contribution in [1.82, 2.24) is 10.9 Å². The Morgan fingerprint density at radius 1 is 0.667 bits per heavy atom. The lowest BCUT2D eigenvalue weighted by Crippen LogP contribution is -2.31. The smallest absolute Gasteiger partial charge is 0.0674 e. The summed E-state index contributed by atoms with van der Waals surface area (Å²) in [6, 6.07) is 48.1. The third-order valence-electron chi connectivity index (χ3n) is 10.8. The molecule has 2 N–H and O–H groups in total. The lowest BCUT2D eigenvalue weighted by Gasteiger charge is -2.25. The fourth-order valence-corrected chi connectivity index (χ4v) is 8.19. The molecule has 0 bridgehead atoms. The second kappa shape index (κ2) is 15.4. The van der Waals surface area contributed by atoms with E-state index in [4.69, 9.17) is 0 Å². The minimum absolute atomic E-state index is 0.349. The second-order valence-corrected chi connectivity index (χ2v) is 14.0. The highest BCUT2D eigenvalue weighted by Crippen LogP contribution is 2.45. The summed E-state index contributed by atoms with van der Waals surface area (Å²) in [6.07, 6.45) is 14.3. The van der Waals surface area contributed by atoms with Crippen LogP contribution >= 0.6 is 0 Å². The molecule has 54 heavy (non-hydrogen) atoms. The highest BCUT2D eigenvalue weighted by molar-refractivity contribution is 5.97. The van der Waals surface area contributed by atoms with Gasteiger partial charge in [0.1, 0.15) is 0 Å². The van der Waals surface area contributed by atoms with Crippen LogP contribution in [-0.2, 0) is 6.42 Å². The van der Waals surface area contributed by atoms with Crippen LogP contribution in [0.5, 0.6) is 0 Å². The van der Waals surface area contributed by atoms with Gasteiger partial charge in [0.05, 0.1) is 11.7 Å². The fraction of sp³-hybridized carbons (Fsp3) is 0.137. The number of nitrogens with one attached hydrogen (secondary N) is 2. The SMILES string of the molecule is C1=CC2NNC(c3ccc(-c4cccc5ccccc45)cc3)=C2CC1.C=C1/C=C\C(c2ccccc2)=C/N(C)c2ccc3c(c21)Cc1ccccc1-3.CC. The van der Waals surface area contributed by atoms with Gasteiger partial charge >= 0.3 is 0 Å². The lowest BCUT2D eigenvalue weighted by atomic mass is 9.92. The van der Waals surface area contributed by atoms with Gasteiger partial charge in [0.15, 0.2) is 0 Å². The topological polar surface area (TPSA) is 27.3 Å². The first-order valence-electron chi connectivity index (χ1n) is 19.2. The maximum Gasteiger partial charge on any atom is 0.0674 e. The van der Waals surface area contributed by atoms with Gasteiger partial charge in [-0.2, -0.15) is 0 Å². The molecule has 2 aliphatic heterocycles. The van der Waals surface area contributed by atoms with Crippen LogP contribution in [0.2, 0.25) is 0 Å². The Kier molecular flexibility index (Phi) is 9.98. The van der Waals surface area contributed by atoms with Crippen molar-refractivity contribution in [3.63, 3.8) is 0 Å². The van der Waals surface area contributed by atoms with Gasteiger partial charge in [-0.1, -0.05) is 172 Å². The Hall–Kier alpha value is -6.16. The monoisotopic (exact) mass is 701 g/mol. The maximum absolute atomic E-state index is 4.42. The molecule has 1 unspecified atom stereocenters. The number of rotatable bonds is 3. The number of nitrogens with zero attached hydrogens (tertiary/aromatic N) is 1. The predicted molar refractivity (Wildman–Crippen MR) is 232 cm³/mol. The third kappa shape index (κ3) is 6.64. The average Bonchev–Trinajstić information content (AvgIpc) is 3.84. The molecule has 3 nitrogen and oxygen atoms in total. The number of fused-ring (bicyclic) bond motifs is 7. The number of allylic oxidation sites excluding steroid dienone is 5. The fourth-order valence-electron chi connectivity index (χ4n) is 8.19. The molecule has 0 saturated heterocycles. The van der Waals surface area contributed by atoms with Crippen molar-refractivity contribution >= 4 is 33.3 Å². The van der Waals surface area contributed by atoms with Gasteiger partial charge in [0.2, 0.25) is 0 Å². The second-order valence-electron chi connectivity index (χ2n) is 14.0. The Morgan fingerprint density at radius 3 is 2.24 bits per heavy atom. The molecule has 0 spiro atoms. The molecule has 6 aromatic carbocycles. The molecule has 2 aliphatic carbocycles. The van der Waals surface area contributed by atoms with E-state index >= 15 is 0 Å². The molecule has 0 saturated carbocycles. The standard InChI is InChI=1S/C26H21N.C23H20N2.C2H6/c1-18-12-13-21(19-8-4-3-5-9-19)17-27(2)25-15-14-23-22-11-7-6-10-20(22)16-24(23)26(18)25;1-2-8-19-16(6-1)7-5-10-20(19)17-12-14-18(15-13-17)23-21-9-3-4-11-22(21)24-25-23;1-2/h3-15,17H,1,16H2,2H3;1-2,4-8,10-15,22,24-25H,3,9H2;1-2H3/b13-12-,21-17+;;. The van der Waals surface area contributed by atoms with E-state index in [1.807, 2.05) is 13.8 Å². The molecule has 1 atom stereocenters. The third-order valence-corrected chi connectivity index (χ3v) is 10.8. The number of anilines is 1. The average molecular weight is 702 g/mol. The van der Waals surface area contributed by atoms with Crippen molar-refractivity contribution in [2.75, 3.05) is 11.9 Å². The summed E-state index contributed by atoms with van der Waals surface area (Å²) < 4.78 is 0. The Labute approximate surface area is 320 Å². The Morgan fingerprint density at radius 2 is 1.39 bits per heavy atom. The van der Waals surface area contributed by atoms with Crippen molar-refractivity contribution in [1.29, 1.82) is 0 Å². The van der Waals surface area contributed by atoms with Crippen LogP contribution in [0.3, 0.4) is 0 Å². The van der Waals surface area contributed by atoms with Gasteiger partial charge in [-0.3, -0.25) is 0 Å². The van der Waals surface area contributed by atoms with Crippen LogP contribution in [0.1, 0.15) is 54.5 Å². The Balaban J connectivity index is 0.000000147. The molecule has 0 fully saturated rings. The number of hydrazine groups is 1. The lowest BCUT2D eigenvalue weighted by molar-refractivity contribution is 0.631. The molecule has 4 aliphatic rings. The minimum atomic E-state index is 0.349. The van der Waals surface area contributed by atoms with Crippen LogP contribution in [0.4, 0.5) is 5.69 Å². The van der Waals surface area contributed by atoms with E-state index in [9.17, 15) is 0 Å². The summed E-state index contributed by atoms with van der Waals surface area (Å²) in [4.78, 5) is 2.23. The van der Waals surface area contributed by atoms with Gasteiger partial charge < -0.3 is 10.3 Å². The summed E-state index contributed by atoms with van der Waals surface area (Å²) in [7, 11) is 2.13. The number of benzene rings is 6. The largest absolute Gasteiger partial charge is 0.350 e. The van der Waals surface area contributed by atoms with E-state index in [0.29, 0.717) is 6.04 Å². The Bertz CT molecular complexity index is 2460.